The Bertz CT molecular complexity index is 1580. The molecule has 1 aliphatic rings. The molecule has 2 amide bonds. The van der Waals surface area contributed by atoms with E-state index in [1.54, 1.807) is 31.3 Å². The van der Waals surface area contributed by atoms with Crippen LogP contribution in [0.2, 0.25) is 10.0 Å². The molecular weight excluding hydrogens is 549 g/mol. The van der Waals surface area contributed by atoms with E-state index in [-0.39, 0.29) is 35.0 Å². The standard InChI is InChI=1S/C31H29Cl2N3O4/c1-19(2)35(31(38)22-13-11-20(32)16-24(22)33)18-29(37)36-26-9-6-5-8-25(26)34-15-7-10-27(34)30(36)23-17-21(39-3)12-14-28(23)40-4/h5-17,19,30H,18H2,1-4H3. The van der Waals surface area contributed by atoms with E-state index in [4.69, 9.17) is 32.7 Å². The molecule has 0 radical (unpaired) electrons. The maximum absolute atomic E-state index is 14.4. The summed E-state index contributed by atoms with van der Waals surface area (Å²) in [5.41, 5.74) is 3.49. The maximum atomic E-state index is 14.4. The third-order valence-electron chi connectivity index (χ3n) is 7.07. The van der Waals surface area contributed by atoms with Gasteiger partial charge in [-0.25, -0.2) is 0 Å². The first-order valence-corrected chi connectivity index (χ1v) is 13.6. The number of hydrogen-bond acceptors (Lipinski definition) is 4. The number of amides is 2. The number of halogens is 2. The largest absolute Gasteiger partial charge is 0.497 e. The highest BCUT2D eigenvalue weighted by molar-refractivity contribution is 6.36. The fourth-order valence-electron chi connectivity index (χ4n) is 5.14. The van der Waals surface area contributed by atoms with Crippen LogP contribution in [0.5, 0.6) is 11.5 Å². The topological polar surface area (TPSA) is 64.0 Å². The zero-order valence-corrected chi connectivity index (χ0v) is 24.1. The lowest BCUT2D eigenvalue weighted by Gasteiger charge is -2.40. The molecule has 4 aromatic rings. The van der Waals surface area contributed by atoms with Gasteiger partial charge in [-0.05, 0) is 74.5 Å². The molecule has 1 aliphatic heterocycles. The molecule has 1 atom stereocenters. The molecule has 0 aliphatic carbocycles. The van der Waals surface area contributed by atoms with E-state index in [0.29, 0.717) is 22.2 Å². The molecular formula is C31H29Cl2N3O4. The lowest BCUT2D eigenvalue weighted by Crippen LogP contribution is -2.48. The normalized spacial score (nSPS) is 14.0. The Morgan fingerprint density at radius 1 is 0.925 bits per heavy atom. The zero-order valence-electron chi connectivity index (χ0n) is 22.6. The molecule has 40 heavy (non-hydrogen) atoms. The summed E-state index contributed by atoms with van der Waals surface area (Å²) in [6.45, 7) is 3.56. The highest BCUT2D eigenvalue weighted by Crippen LogP contribution is 2.45. The second kappa shape index (κ2) is 11.3. The van der Waals surface area contributed by atoms with Crippen molar-refractivity contribution in [3.8, 4) is 17.2 Å². The van der Waals surface area contributed by atoms with Gasteiger partial charge in [0, 0.05) is 22.8 Å². The van der Waals surface area contributed by atoms with Gasteiger partial charge in [0.2, 0.25) is 5.91 Å². The number of carbonyl (C=O) groups excluding carboxylic acids is 2. The monoisotopic (exact) mass is 577 g/mol. The molecule has 2 heterocycles. The van der Waals surface area contributed by atoms with E-state index in [2.05, 4.69) is 4.57 Å². The number of benzene rings is 3. The Labute approximate surface area is 243 Å². The van der Waals surface area contributed by atoms with Crippen LogP contribution in [0.3, 0.4) is 0 Å². The number of rotatable bonds is 7. The summed E-state index contributed by atoms with van der Waals surface area (Å²) >= 11 is 12.4. The van der Waals surface area contributed by atoms with Gasteiger partial charge >= 0.3 is 0 Å². The van der Waals surface area contributed by atoms with Crippen LogP contribution in [0.4, 0.5) is 5.69 Å². The van der Waals surface area contributed by atoms with Gasteiger partial charge < -0.3 is 18.9 Å². The predicted octanol–water partition coefficient (Wildman–Crippen LogP) is 6.79. The molecule has 0 saturated heterocycles. The molecule has 7 nitrogen and oxygen atoms in total. The number of carbonyl (C=O) groups is 2. The Morgan fingerprint density at radius 3 is 2.35 bits per heavy atom. The minimum atomic E-state index is -0.550. The Balaban J connectivity index is 1.62. The van der Waals surface area contributed by atoms with Crippen molar-refractivity contribution in [1.82, 2.24) is 9.47 Å². The van der Waals surface area contributed by atoms with Gasteiger partial charge in [0.05, 0.1) is 41.9 Å². The van der Waals surface area contributed by atoms with Crippen LogP contribution in [-0.2, 0) is 4.79 Å². The van der Waals surface area contributed by atoms with Crippen LogP contribution in [0.15, 0.2) is 79.0 Å². The van der Waals surface area contributed by atoms with E-state index >= 15 is 0 Å². The van der Waals surface area contributed by atoms with Gasteiger partial charge in [-0.15, -0.1) is 0 Å². The summed E-state index contributed by atoms with van der Waals surface area (Å²) in [6.07, 6.45) is 1.97. The van der Waals surface area contributed by atoms with Gasteiger partial charge in [0.15, 0.2) is 0 Å². The highest BCUT2D eigenvalue weighted by Gasteiger charge is 2.39. The van der Waals surface area contributed by atoms with E-state index in [1.165, 1.54) is 11.0 Å². The second-order valence-corrected chi connectivity index (χ2v) is 10.6. The smallest absolute Gasteiger partial charge is 0.256 e. The number of ether oxygens (including phenoxy) is 2. The first-order valence-electron chi connectivity index (χ1n) is 12.8. The van der Waals surface area contributed by atoms with Crippen molar-refractivity contribution in [2.24, 2.45) is 0 Å². The van der Waals surface area contributed by atoms with Gasteiger partial charge in [-0.2, -0.15) is 0 Å². The van der Waals surface area contributed by atoms with E-state index < -0.39 is 6.04 Å². The number of methoxy groups -OCH3 is 2. The van der Waals surface area contributed by atoms with Crippen LogP contribution >= 0.6 is 23.2 Å². The summed E-state index contributed by atoms with van der Waals surface area (Å²) in [5.74, 6) is 0.633. The summed E-state index contributed by atoms with van der Waals surface area (Å²) < 4.78 is 13.4. The molecule has 1 aromatic heterocycles. The quantitative estimate of drug-likeness (QED) is 0.242. The Kier molecular flexibility index (Phi) is 7.79. The number of nitrogens with zero attached hydrogens (tertiary/aromatic N) is 3. The Morgan fingerprint density at radius 2 is 1.68 bits per heavy atom. The van der Waals surface area contributed by atoms with Crippen molar-refractivity contribution in [1.29, 1.82) is 0 Å². The number of hydrogen-bond donors (Lipinski definition) is 0. The van der Waals surface area contributed by atoms with Crippen LogP contribution < -0.4 is 14.4 Å². The first-order chi connectivity index (χ1) is 19.2. The summed E-state index contributed by atoms with van der Waals surface area (Å²) in [4.78, 5) is 31.3. The minimum absolute atomic E-state index is 0.173. The van der Waals surface area contributed by atoms with Crippen molar-refractivity contribution in [2.75, 3.05) is 25.7 Å². The van der Waals surface area contributed by atoms with Crippen LogP contribution in [-0.4, -0.2) is 48.1 Å². The Hall–Kier alpha value is -3.94. The molecule has 0 N–H and O–H groups in total. The lowest BCUT2D eigenvalue weighted by molar-refractivity contribution is -0.120. The highest BCUT2D eigenvalue weighted by atomic mass is 35.5. The number of para-hydroxylation sites is 2. The number of anilines is 1. The average molecular weight is 578 g/mol. The van der Waals surface area contributed by atoms with E-state index in [1.807, 2.05) is 74.6 Å². The predicted molar refractivity (Wildman–Crippen MR) is 157 cm³/mol. The van der Waals surface area contributed by atoms with Crippen molar-refractivity contribution in [2.45, 2.75) is 25.9 Å². The molecule has 0 spiro atoms. The number of aromatic nitrogens is 1. The third kappa shape index (κ3) is 4.91. The molecule has 3 aromatic carbocycles. The van der Waals surface area contributed by atoms with E-state index in [9.17, 15) is 9.59 Å². The molecule has 1 unspecified atom stereocenters. The summed E-state index contributed by atoms with van der Waals surface area (Å²) in [6, 6.07) is 21.1. The number of fused-ring (bicyclic) bond motifs is 3. The third-order valence-corrected chi connectivity index (χ3v) is 7.62. The molecule has 0 fully saturated rings. The van der Waals surface area contributed by atoms with Gasteiger partial charge in [0.25, 0.3) is 5.91 Å². The molecule has 206 valence electrons. The van der Waals surface area contributed by atoms with Crippen molar-refractivity contribution in [3.05, 3.63) is 106 Å². The zero-order chi connectivity index (χ0) is 28.6. The fourth-order valence-corrected chi connectivity index (χ4v) is 5.63. The fraction of sp³-hybridized carbons (Fsp3) is 0.226. The van der Waals surface area contributed by atoms with Crippen molar-refractivity contribution >= 4 is 40.7 Å². The molecule has 0 saturated carbocycles. The molecule has 9 heteroatoms. The van der Waals surface area contributed by atoms with Crippen LogP contribution in [0.25, 0.3) is 5.69 Å². The summed E-state index contributed by atoms with van der Waals surface area (Å²) in [7, 11) is 3.20. The lowest BCUT2D eigenvalue weighted by atomic mass is 9.96. The van der Waals surface area contributed by atoms with Crippen LogP contribution in [0, 0.1) is 0 Å². The first kappa shape index (κ1) is 27.6. The van der Waals surface area contributed by atoms with Crippen molar-refractivity contribution in [3.63, 3.8) is 0 Å². The molecule has 0 bridgehead atoms. The maximum Gasteiger partial charge on any atom is 0.256 e. The van der Waals surface area contributed by atoms with E-state index in [0.717, 1.165) is 16.9 Å². The minimum Gasteiger partial charge on any atom is -0.497 e. The van der Waals surface area contributed by atoms with Crippen LogP contribution in [0.1, 0.15) is 41.5 Å². The molecule has 5 rings (SSSR count). The average Bonchev–Trinajstić information content (AvgIpc) is 3.44. The SMILES string of the molecule is COc1ccc(OC)c(C2c3cccn3-c3ccccc3N2C(=O)CN(C(=O)c2ccc(Cl)cc2Cl)C(C)C)c1. The second-order valence-electron chi connectivity index (χ2n) is 9.72. The van der Waals surface area contributed by atoms with Gasteiger partial charge in [-0.1, -0.05) is 35.3 Å². The van der Waals surface area contributed by atoms with Gasteiger partial charge in [-0.3, -0.25) is 14.5 Å². The summed E-state index contributed by atoms with van der Waals surface area (Å²) in [5, 5.41) is 0.660. The van der Waals surface area contributed by atoms with Gasteiger partial charge in [0.1, 0.15) is 24.1 Å². The van der Waals surface area contributed by atoms with Crippen molar-refractivity contribution < 1.29 is 19.1 Å².